The fourth-order valence-corrected chi connectivity index (χ4v) is 4.44. The van der Waals surface area contributed by atoms with Crippen molar-refractivity contribution in [2.45, 2.75) is 94.6 Å². The topological polar surface area (TPSA) is 187 Å². The molecule has 39 heavy (non-hydrogen) atoms. The Labute approximate surface area is 235 Å². The third kappa shape index (κ3) is 20.7. The van der Waals surface area contributed by atoms with Crippen molar-refractivity contribution in [3.63, 3.8) is 0 Å². The molecule has 0 saturated carbocycles. The molecular formula is C28H44N2O8S. The zero-order valence-electron chi connectivity index (χ0n) is 22.6. The van der Waals surface area contributed by atoms with Crippen molar-refractivity contribution in [1.29, 1.82) is 0 Å². The van der Waals surface area contributed by atoms with E-state index >= 15 is 0 Å². The Balaban J connectivity index is 5.01. The number of aliphatic carboxylic acids is 3. The largest absolute Gasteiger partial charge is 0.481 e. The number of rotatable bonds is 23. The Morgan fingerprint density at radius 3 is 2.23 bits per heavy atom. The van der Waals surface area contributed by atoms with Gasteiger partial charge in [-0.05, 0) is 38.5 Å². The van der Waals surface area contributed by atoms with Gasteiger partial charge in [0.15, 0.2) is 0 Å². The predicted molar refractivity (Wildman–Crippen MR) is 153 cm³/mol. The average molecular weight is 569 g/mol. The summed E-state index contributed by atoms with van der Waals surface area (Å²) in [5.41, 5.74) is 5.38. The average Bonchev–Trinajstić information content (AvgIpc) is 2.88. The highest BCUT2D eigenvalue weighted by atomic mass is 32.2. The van der Waals surface area contributed by atoms with Crippen LogP contribution in [0.2, 0.25) is 0 Å². The van der Waals surface area contributed by atoms with Crippen molar-refractivity contribution in [3.8, 4) is 0 Å². The van der Waals surface area contributed by atoms with Gasteiger partial charge >= 0.3 is 17.9 Å². The Hall–Kier alpha value is -2.89. The Morgan fingerprint density at radius 1 is 0.872 bits per heavy atom. The highest BCUT2D eigenvalue weighted by Gasteiger charge is 2.25. The lowest BCUT2D eigenvalue weighted by Crippen LogP contribution is -2.44. The van der Waals surface area contributed by atoms with E-state index in [1.807, 2.05) is 18.2 Å². The van der Waals surface area contributed by atoms with E-state index in [1.165, 1.54) is 19.3 Å². The van der Waals surface area contributed by atoms with Crippen molar-refractivity contribution in [3.05, 3.63) is 48.6 Å². The number of carbonyl (C=O) groups is 4. The molecule has 4 atom stereocenters. The summed E-state index contributed by atoms with van der Waals surface area (Å²) in [5, 5.41) is 39.6. The van der Waals surface area contributed by atoms with Gasteiger partial charge in [-0.1, -0.05) is 68.4 Å². The number of aliphatic hydroxyl groups is 1. The molecule has 0 aliphatic carbocycles. The van der Waals surface area contributed by atoms with E-state index in [4.69, 9.17) is 15.9 Å². The number of carbonyl (C=O) groups excluding carboxylic acids is 1. The van der Waals surface area contributed by atoms with Crippen molar-refractivity contribution < 1.29 is 39.6 Å². The van der Waals surface area contributed by atoms with Crippen LogP contribution in [-0.4, -0.2) is 73.4 Å². The maximum absolute atomic E-state index is 12.1. The van der Waals surface area contributed by atoms with E-state index in [2.05, 4.69) is 24.4 Å². The first-order valence-electron chi connectivity index (χ1n) is 13.2. The molecule has 10 nitrogen and oxygen atoms in total. The predicted octanol–water partition coefficient (Wildman–Crippen LogP) is 3.66. The van der Waals surface area contributed by atoms with Crippen LogP contribution in [0.1, 0.15) is 71.1 Å². The van der Waals surface area contributed by atoms with Gasteiger partial charge in [-0.25, -0.2) is 4.79 Å². The number of carboxylic acid groups (broad SMARTS) is 3. The summed E-state index contributed by atoms with van der Waals surface area (Å²) in [6, 6.07) is -2.49. The molecule has 0 spiro atoms. The van der Waals surface area contributed by atoms with E-state index in [-0.39, 0.29) is 37.9 Å². The van der Waals surface area contributed by atoms with E-state index in [0.717, 1.165) is 24.6 Å². The standard InChI is InChI=1S/C28H44N2O8S/c1-2-3-4-5-6-7-8-9-10-11-12-13-16-24(23(31)15-14-17-26(33)34)39-20-22(28(37)38)30-25(32)19-18-21(29)27(35)36/h6-7,9-13,16,21-24,31H,2-5,8,14-15,17-20,29H2,1H3,(H,30,32)(H,33,34)(H,35,36)(H,37,38)/t21-,22-,23-,24+/m0/s1. The molecule has 0 aromatic carbocycles. The number of nitrogens with one attached hydrogen (secondary N) is 1. The number of thioether (sulfide) groups is 1. The van der Waals surface area contributed by atoms with Gasteiger partial charge in [-0.15, -0.1) is 11.8 Å². The van der Waals surface area contributed by atoms with E-state index in [0.29, 0.717) is 0 Å². The van der Waals surface area contributed by atoms with Crippen molar-refractivity contribution in [2.75, 3.05) is 5.75 Å². The Morgan fingerprint density at radius 2 is 1.59 bits per heavy atom. The van der Waals surface area contributed by atoms with Gasteiger partial charge in [-0.3, -0.25) is 14.4 Å². The number of hydrogen-bond acceptors (Lipinski definition) is 7. The fourth-order valence-electron chi connectivity index (χ4n) is 3.24. The molecule has 0 aromatic heterocycles. The molecular weight excluding hydrogens is 524 g/mol. The van der Waals surface area contributed by atoms with Crippen LogP contribution in [0.5, 0.6) is 0 Å². The lowest BCUT2D eigenvalue weighted by Gasteiger charge is -2.22. The summed E-state index contributed by atoms with van der Waals surface area (Å²) >= 11 is 1.12. The number of unbranched alkanes of at least 4 members (excludes halogenated alkanes) is 3. The SMILES string of the molecule is CCCCCC=CCC=CC=CC=C[C@@H](SC[C@H](NC(=O)CC[C@H](N)C(=O)O)C(=O)O)[C@@H](O)CCCC(=O)O. The van der Waals surface area contributed by atoms with Gasteiger partial charge in [0.25, 0.3) is 0 Å². The number of amides is 1. The summed E-state index contributed by atoms with van der Waals surface area (Å²) < 4.78 is 0. The quantitative estimate of drug-likeness (QED) is 0.0603. The zero-order valence-corrected chi connectivity index (χ0v) is 23.4. The van der Waals surface area contributed by atoms with Gasteiger partial charge in [0, 0.05) is 23.8 Å². The normalized spacial score (nSPS) is 15.2. The van der Waals surface area contributed by atoms with E-state index in [1.54, 1.807) is 18.2 Å². The van der Waals surface area contributed by atoms with Gasteiger partial charge in [0.05, 0.1) is 6.10 Å². The third-order valence-electron chi connectivity index (χ3n) is 5.54. The highest BCUT2D eigenvalue weighted by Crippen LogP contribution is 2.21. The molecule has 0 aliphatic heterocycles. The summed E-state index contributed by atoms with van der Waals surface area (Å²) in [6.45, 7) is 2.17. The fraction of sp³-hybridized carbons (Fsp3) is 0.571. The first kappa shape index (κ1) is 36.1. The minimum Gasteiger partial charge on any atom is -0.481 e. The first-order valence-corrected chi connectivity index (χ1v) is 14.3. The molecule has 0 fully saturated rings. The number of carboxylic acids is 3. The molecule has 1 amide bonds. The Kier molecular flexibility index (Phi) is 21.3. The van der Waals surface area contributed by atoms with Gasteiger partial charge in [0.2, 0.25) is 5.91 Å². The molecule has 11 heteroatoms. The zero-order chi connectivity index (χ0) is 29.5. The molecule has 0 rings (SSSR count). The maximum atomic E-state index is 12.1. The van der Waals surface area contributed by atoms with Gasteiger partial charge in [-0.2, -0.15) is 0 Å². The molecule has 0 unspecified atom stereocenters. The molecule has 220 valence electrons. The van der Waals surface area contributed by atoms with Crippen LogP contribution in [0.3, 0.4) is 0 Å². The molecule has 0 heterocycles. The number of aliphatic hydroxyl groups excluding tert-OH is 1. The van der Waals surface area contributed by atoms with Crippen molar-refractivity contribution in [2.24, 2.45) is 5.73 Å². The second-order valence-electron chi connectivity index (χ2n) is 8.99. The summed E-state index contributed by atoms with van der Waals surface area (Å²) in [6.07, 6.45) is 19.9. The summed E-state index contributed by atoms with van der Waals surface area (Å²) in [5.74, 6) is -4.20. The maximum Gasteiger partial charge on any atom is 0.327 e. The molecule has 0 radical (unpaired) electrons. The molecule has 0 aromatic rings. The molecule has 7 N–H and O–H groups in total. The second-order valence-corrected chi connectivity index (χ2v) is 10.2. The van der Waals surface area contributed by atoms with Gasteiger partial charge in [0.1, 0.15) is 12.1 Å². The number of allylic oxidation sites excluding steroid dienone is 7. The van der Waals surface area contributed by atoms with E-state index < -0.39 is 47.3 Å². The minimum absolute atomic E-state index is 0.0642. The molecule has 0 saturated heterocycles. The summed E-state index contributed by atoms with van der Waals surface area (Å²) in [4.78, 5) is 45.4. The van der Waals surface area contributed by atoms with Crippen molar-refractivity contribution >= 4 is 35.6 Å². The van der Waals surface area contributed by atoms with Crippen LogP contribution in [0.25, 0.3) is 0 Å². The molecule has 0 aliphatic rings. The van der Waals surface area contributed by atoms with Crippen LogP contribution in [0.4, 0.5) is 0 Å². The monoisotopic (exact) mass is 568 g/mol. The lowest BCUT2D eigenvalue weighted by molar-refractivity contribution is -0.141. The van der Waals surface area contributed by atoms with Gasteiger partial charge < -0.3 is 31.5 Å². The van der Waals surface area contributed by atoms with Crippen LogP contribution >= 0.6 is 11.8 Å². The third-order valence-corrected chi connectivity index (χ3v) is 6.92. The Bertz CT molecular complexity index is 857. The van der Waals surface area contributed by atoms with E-state index in [9.17, 15) is 29.4 Å². The highest BCUT2D eigenvalue weighted by molar-refractivity contribution is 8.00. The van der Waals surface area contributed by atoms with Crippen LogP contribution in [0, 0.1) is 0 Å². The second kappa shape index (κ2) is 23.0. The van der Waals surface area contributed by atoms with Crippen molar-refractivity contribution in [1.82, 2.24) is 5.32 Å². The molecule has 0 bridgehead atoms. The lowest BCUT2D eigenvalue weighted by atomic mass is 10.1. The van der Waals surface area contributed by atoms with Crippen LogP contribution in [0.15, 0.2) is 48.6 Å². The summed E-state index contributed by atoms with van der Waals surface area (Å²) in [7, 11) is 0. The van der Waals surface area contributed by atoms with Crippen LogP contribution < -0.4 is 11.1 Å². The number of hydrogen-bond donors (Lipinski definition) is 6. The number of nitrogens with two attached hydrogens (primary N) is 1. The first-order chi connectivity index (χ1) is 18.6. The smallest absolute Gasteiger partial charge is 0.327 e. The van der Waals surface area contributed by atoms with Crippen LogP contribution in [-0.2, 0) is 19.2 Å². The minimum atomic E-state index is -1.27.